The molecule has 0 N–H and O–H groups in total. The van der Waals surface area contributed by atoms with E-state index in [4.69, 9.17) is 9.47 Å². The van der Waals surface area contributed by atoms with Crippen molar-refractivity contribution in [1.29, 1.82) is 0 Å². The summed E-state index contributed by atoms with van der Waals surface area (Å²) in [7, 11) is 1.66. The fourth-order valence-corrected chi connectivity index (χ4v) is 3.23. The largest absolute Gasteiger partial charge is 0.493 e. The molecule has 0 atom stereocenters. The molecule has 0 aliphatic carbocycles. The third-order valence-electron chi connectivity index (χ3n) is 3.75. The van der Waals surface area contributed by atoms with Gasteiger partial charge in [0.2, 0.25) is 5.13 Å². The van der Waals surface area contributed by atoms with Crippen LogP contribution in [0.2, 0.25) is 0 Å². The van der Waals surface area contributed by atoms with Crippen LogP contribution in [0.5, 0.6) is 5.75 Å². The molecule has 2 aromatic rings. The summed E-state index contributed by atoms with van der Waals surface area (Å²) in [4.78, 5) is 10.8. The lowest BCUT2D eigenvalue weighted by atomic mass is 9.98. The first kappa shape index (κ1) is 15.2. The first-order chi connectivity index (χ1) is 10.8. The fourth-order valence-electron chi connectivity index (χ4n) is 2.50. The van der Waals surface area contributed by atoms with Gasteiger partial charge in [-0.1, -0.05) is 0 Å². The second kappa shape index (κ2) is 7.51. The zero-order valence-corrected chi connectivity index (χ0v) is 13.5. The van der Waals surface area contributed by atoms with Crippen molar-refractivity contribution in [2.24, 2.45) is 5.92 Å². The molecule has 0 spiro atoms. The van der Waals surface area contributed by atoms with E-state index >= 15 is 0 Å². The van der Waals surface area contributed by atoms with E-state index in [-0.39, 0.29) is 0 Å². The van der Waals surface area contributed by atoms with Crippen LogP contribution in [0, 0.1) is 5.92 Å². The van der Waals surface area contributed by atoms with Crippen molar-refractivity contribution in [1.82, 2.24) is 14.3 Å². The van der Waals surface area contributed by atoms with Crippen LogP contribution in [0.15, 0.2) is 24.5 Å². The van der Waals surface area contributed by atoms with Gasteiger partial charge in [-0.15, -0.1) is 0 Å². The standard InChI is InChI=1S/C15H20N4O2S/c1-20-11-14-17-15(22-18-14)19-8-4-12(5-9-19)10-21-13-2-6-16-7-3-13/h2-3,6-7,12H,4-5,8-11H2,1H3. The molecule has 0 amide bonds. The monoisotopic (exact) mass is 320 g/mol. The molecule has 7 heteroatoms. The maximum Gasteiger partial charge on any atom is 0.205 e. The number of ether oxygens (including phenoxy) is 2. The van der Waals surface area contributed by atoms with E-state index in [0.717, 1.165) is 49.2 Å². The molecule has 2 aromatic heterocycles. The number of aromatic nitrogens is 3. The van der Waals surface area contributed by atoms with Gasteiger partial charge in [0.05, 0.1) is 6.61 Å². The molecule has 0 aromatic carbocycles. The summed E-state index contributed by atoms with van der Waals surface area (Å²) < 4.78 is 15.2. The molecule has 0 bridgehead atoms. The number of nitrogens with zero attached hydrogens (tertiary/aromatic N) is 4. The Morgan fingerprint density at radius 1 is 1.27 bits per heavy atom. The number of anilines is 1. The van der Waals surface area contributed by atoms with E-state index in [0.29, 0.717) is 12.5 Å². The lowest BCUT2D eigenvalue weighted by Gasteiger charge is -2.31. The van der Waals surface area contributed by atoms with Gasteiger partial charge in [0, 0.05) is 44.1 Å². The molecule has 0 radical (unpaired) electrons. The Kier molecular flexibility index (Phi) is 5.18. The minimum absolute atomic E-state index is 0.479. The highest BCUT2D eigenvalue weighted by atomic mass is 32.1. The van der Waals surface area contributed by atoms with Gasteiger partial charge in [-0.25, -0.2) is 4.98 Å². The topological polar surface area (TPSA) is 60.4 Å². The van der Waals surface area contributed by atoms with Gasteiger partial charge in [0.25, 0.3) is 0 Å². The van der Waals surface area contributed by atoms with Crippen molar-refractivity contribution < 1.29 is 9.47 Å². The van der Waals surface area contributed by atoms with Gasteiger partial charge in [-0.3, -0.25) is 4.98 Å². The van der Waals surface area contributed by atoms with Gasteiger partial charge < -0.3 is 14.4 Å². The van der Waals surface area contributed by atoms with Crippen molar-refractivity contribution in [3.63, 3.8) is 0 Å². The SMILES string of the molecule is COCc1nsc(N2CCC(COc3ccncc3)CC2)n1. The Hall–Kier alpha value is -1.73. The van der Waals surface area contributed by atoms with Crippen molar-refractivity contribution in [2.45, 2.75) is 19.4 Å². The Labute approximate surface area is 134 Å². The zero-order valence-electron chi connectivity index (χ0n) is 12.6. The van der Waals surface area contributed by atoms with Gasteiger partial charge in [0.1, 0.15) is 12.4 Å². The van der Waals surface area contributed by atoms with Crippen LogP contribution in [-0.2, 0) is 11.3 Å². The molecule has 22 heavy (non-hydrogen) atoms. The molecule has 1 saturated heterocycles. The van der Waals surface area contributed by atoms with Crippen molar-refractivity contribution in [3.05, 3.63) is 30.4 Å². The van der Waals surface area contributed by atoms with Crippen LogP contribution in [0.1, 0.15) is 18.7 Å². The summed E-state index contributed by atoms with van der Waals surface area (Å²) in [5, 5.41) is 1.00. The van der Waals surface area contributed by atoms with Crippen LogP contribution in [0.4, 0.5) is 5.13 Å². The van der Waals surface area contributed by atoms with Crippen LogP contribution in [0.3, 0.4) is 0 Å². The predicted molar refractivity (Wildman–Crippen MR) is 85.3 cm³/mol. The summed E-state index contributed by atoms with van der Waals surface area (Å²) in [6.45, 7) is 3.26. The first-order valence-electron chi connectivity index (χ1n) is 7.44. The zero-order chi connectivity index (χ0) is 15.2. The van der Waals surface area contributed by atoms with E-state index in [9.17, 15) is 0 Å². The second-order valence-corrected chi connectivity index (χ2v) is 6.08. The average Bonchev–Trinajstić information content (AvgIpc) is 3.03. The van der Waals surface area contributed by atoms with Crippen LogP contribution < -0.4 is 9.64 Å². The minimum Gasteiger partial charge on any atom is -0.493 e. The maximum absolute atomic E-state index is 5.82. The Bertz CT molecular complexity index is 570. The third kappa shape index (κ3) is 3.92. The molecule has 118 valence electrons. The molecule has 0 saturated carbocycles. The van der Waals surface area contributed by atoms with Gasteiger partial charge in [-0.05, 0) is 30.9 Å². The Morgan fingerprint density at radius 2 is 2.05 bits per heavy atom. The Morgan fingerprint density at radius 3 is 2.77 bits per heavy atom. The summed E-state index contributed by atoms with van der Waals surface area (Å²) >= 11 is 1.45. The molecule has 3 rings (SSSR count). The van der Waals surface area contributed by atoms with Crippen molar-refractivity contribution in [2.75, 3.05) is 31.7 Å². The fraction of sp³-hybridized carbons (Fsp3) is 0.533. The summed E-state index contributed by atoms with van der Waals surface area (Å²) in [5.74, 6) is 2.26. The van der Waals surface area contributed by atoms with E-state index in [2.05, 4.69) is 19.2 Å². The van der Waals surface area contributed by atoms with Gasteiger partial charge in [-0.2, -0.15) is 4.37 Å². The molecule has 3 heterocycles. The lowest BCUT2D eigenvalue weighted by molar-refractivity contribution is 0.179. The van der Waals surface area contributed by atoms with E-state index in [1.165, 1.54) is 11.5 Å². The number of hydrogen-bond acceptors (Lipinski definition) is 7. The molecule has 1 aliphatic rings. The molecule has 6 nitrogen and oxygen atoms in total. The third-order valence-corrected chi connectivity index (χ3v) is 4.57. The van der Waals surface area contributed by atoms with E-state index in [1.807, 2.05) is 12.1 Å². The number of piperidine rings is 1. The van der Waals surface area contributed by atoms with Crippen molar-refractivity contribution >= 4 is 16.7 Å². The van der Waals surface area contributed by atoms with E-state index in [1.54, 1.807) is 19.5 Å². The van der Waals surface area contributed by atoms with E-state index < -0.39 is 0 Å². The first-order valence-corrected chi connectivity index (χ1v) is 8.22. The minimum atomic E-state index is 0.479. The number of hydrogen-bond donors (Lipinski definition) is 0. The highest BCUT2D eigenvalue weighted by molar-refractivity contribution is 7.09. The summed E-state index contributed by atoms with van der Waals surface area (Å²) in [6, 6.07) is 3.79. The van der Waals surface area contributed by atoms with Crippen LogP contribution in [-0.4, -0.2) is 41.1 Å². The van der Waals surface area contributed by atoms with Crippen LogP contribution in [0.25, 0.3) is 0 Å². The van der Waals surface area contributed by atoms with Gasteiger partial charge in [0.15, 0.2) is 5.82 Å². The Balaban J connectivity index is 1.45. The normalized spacial score (nSPS) is 16.0. The molecular weight excluding hydrogens is 300 g/mol. The molecule has 1 aliphatic heterocycles. The summed E-state index contributed by atoms with van der Waals surface area (Å²) in [6.07, 6.45) is 5.74. The van der Waals surface area contributed by atoms with Gasteiger partial charge >= 0.3 is 0 Å². The molecular formula is C15H20N4O2S. The maximum atomic E-state index is 5.82. The highest BCUT2D eigenvalue weighted by Gasteiger charge is 2.22. The highest BCUT2D eigenvalue weighted by Crippen LogP contribution is 2.25. The smallest absolute Gasteiger partial charge is 0.205 e. The second-order valence-electron chi connectivity index (χ2n) is 5.35. The molecule has 1 fully saturated rings. The van der Waals surface area contributed by atoms with Crippen molar-refractivity contribution in [3.8, 4) is 5.75 Å². The number of pyridine rings is 1. The number of methoxy groups -OCH3 is 1. The quantitative estimate of drug-likeness (QED) is 0.814. The predicted octanol–water partition coefficient (Wildman–Crippen LogP) is 2.37. The van der Waals surface area contributed by atoms with Crippen LogP contribution >= 0.6 is 11.5 Å². The average molecular weight is 320 g/mol. The lowest BCUT2D eigenvalue weighted by Crippen LogP contribution is -2.35. The number of rotatable bonds is 6. The molecule has 0 unspecified atom stereocenters. The summed E-state index contributed by atoms with van der Waals surface area (Å²) in [5.41, 5.74) is 0.